The van der Waals surface area contributed by atoms with Gasteiger partial charge in [-0.15, -0.1) is 0 Å². The van der Waals surface area contributed by atoms with E-state index in [1.165, 1.54) is 6.07 Å². The summed E-state index contributed by atoms with van der Waals surface area (Å²) in [6, 6.07) is 9.25. The summed E-state index contributed by atoms with van der Waals surface area (Å²) in [6.07, 6.45) is 1.14. The predicted octanol–water partition coefficient (Wildman–Crippen LogP) is 3.90. The number of carbonyl (C=O) groups is 1. The summed E-state index contributed by atoms with van der Waals surface area (Å²) in [5.41, 5.74) is 1.61. The second-order valence-electron chi connectivity index (χ2n) is 9.21. The molecule has 1 fully saturated rings. The average molecular weight is 603 g/mol. The molecule has 4 aromatic rings. The first-order valence-corrected chi connectivity index (χ1v) is 14.2. The quantitative estimate of drug-likeness (QED) is 0.146. The van der Waals surface area contributed by atoms with Crippen LogP contribution in [0.2, 0.25) is 5.15 Å². The fraction of sp³-hybridized carbons (Fsp3) is 0.200. The van der Waals surface area contributed by atoms with Crippen molar-refractivity contribution in [1.29, 1.82) is 0 Å². The lowest BCUT2D eigenvalue weighted by Gasteiger charge is -2.35. The number of rotatable bonds is 8. The van der Waals surface area contributed by atoms with Gasteiger partial charge in [-0.25, -0.2) is 13.9 Å². The Hall–Kier alpha value is -4.07. The number of aromatic amines is 1. The highest BCUT2D eigenvalue weighted by atomic mass is 35.5. The van der Waals surface area contributed by atoms with Crippen LogP contribution >= 0.6 is 19.4 Å². The summed E-state index contributed by atoms with van der Waals surface area (Å²) in [7, 11) is -3.09. The third-order valence-corrected chi connectivity index (χ3v) is 6.99. The molecule has 0 spiro atoms. The van der Waals surface area contributed by atoms with E-state index < -0.39 is 19.5 Å². The summed E-state index contributed by atoms with van der Waals surface area (Å²) in [5.74, 6) is -1.49. The number of phosphoric acid groups is 1. The number of hydrogen-bond donors (Lipinski definition) is 5. The number of benzene rings is 2. The number of carbonyl (C=O) groups excluding carboxylic acids is 1. The molecule has 0 atom stereocenters. The Labute approximate surface area is 238 Å². The molecule has 0 bridgehead atoms. The van der Waals surface area contributed by atoms with Gasteiger partial charge in [-0.1, -0.05) is 30.3 Å². The highest BCUT2D eigenvalue weighted by Gasteiger charge is 2.27. The highest BCUT2D eigenvalue weighted by molar-refractivity contribution is 7.46. The smallest absolute Gasteiger partial charge is 0.402 e. The fourth-order valence-corrected chi connectivity index (χ4v) is 5.01. The van der Waals surface area contributed by atoms with Gasteiger partial charge in [0.15, 0.2) is 17.2 Å². The van der Waals surface area contributed by atoms with Gasteiger partial charge in [0.2, 0.25) is 11.9 Å². The molecule has 0 aliphatic carbocycles. The normalized spacial score (nSPS) is 14.2. The molecule has 13 nitrogen and oxygen atoms in total. The van der Waals surface area contributed by atoms with Crippen molar-refractivity contribution in [2.45, 2.75) is 0 Å². The van der Waals surface area contributed by atoms with E-state index in [9.17, 15) is 19.1 Å². The molecule has 5 N–H and O–H groups in total. The molecular weight excluding hydrogens is 578 g/mol. The average Bonchev–Trinajstić information content (AvgIpc) is 3.28. The summed E-state index contributed by atoms with van der Waals surface area (Å²) in [4.78, 5) is 43.5. The Morgan fingerprint density at radius 2 is 1.95 bits per heavy atom. The van der Waals surface area contributed by atoms with Crippen molar-refractivity contribution in [2.75, 3.05) is 48.8 Å². The van der Waals surface area contributed by atoms with Crippen molar-refractivity contribution in [2.24, 2.45) is 0 Å². The van der Waals surface area contributed by atoms with Crippen LogP contribution in [0.1, 0.15) is 0 Å². The monoisotopic (exact) mass is 602 g/mol. The van der Waals surface area contributed by atoms with E-state index in [2.05, 4.69) is 42.3 Å². The van der Waals surface area contributed by atoms with Crippen molar-refractivity contribution in [3.05, 3.63) is 60.0 Å². The van der Waals surface area contributed by atoms with Crippen molar-refractivity contribution >= 4 is 59.4 Å². The summed E-state index contributed by atoms with van der Waals surface area (Å²) in [6.45, 7) is 5.59. The van der Waals surface area contributed by atoms with Crippen molar-refractivity contribution in [3.63, 3.8) is 0 Å². The molecule has 0 radical (unpaired) electrons. The minimum Gasteiger partial charge on any atom is -0.402 e. The number of halogens is 2. The van der Waals surface area contributed by atoms with Crippen molar-refractivity contribution in [1.82, 2.24) is 25.1 Å². The van der Waals surface area contributed by atoms with Gasteiger partial charge in [-0.2, -0.15) is 10.1 Å². The number of piperazine rings is 1. The second-order valence-corrected chi connectivity index (χ2v) is 10.7. The van der Waals surface area contributed by atoms with E-state index in [-0.39, 0.29) is 33.9 Å². The molecule has 1 saturated heterocycles. The number of nitrogens with one attached hydrogen (secondary N) is 3. The molecule has 2 aromatic heterocycles. The lowest BCUT2D eigenvalue weighted by molar-refractivity contribution is -0.111. The third kappa shape index (κ3) is 6.47. The van der Waals surface area contributed by atoms with E-state index in [0.29, 0.717) is 48.5 Å². The van der Waals surface area contributed by atoms with Crippen molar-refractivity contribution < 1.29 is 28.1 Å². The minimum absolute atomic E-state index is 0.00919. The molecule has 0 unspecified atom stereocenters. The molecule has 0 saturated carbocycles. The van der Waals surface area contributed by atoms with E-state index in [0.717, 1.165) is 12.1 Å². The van der Waals surface area contributed by atoms with Crippen LogP contribution in [0, 0.1) is 5.82 Å². The van der Waals surface area contributed by atoms with Crippen LogP contribution < -0.4 is 20.1 Å². The van der Waals surface area contributed by atoms with Crippen LogP contribution in [0.3, 0.4) is 0 Å². The molecule has 5 rings (SSSR count). The number of nitrogens with zero attached hydrogens (tertiary/aromatic N) is 5. The number of hydrogen-bond acceptors (Lipinski definition) is 9. The molecule has 16 heteroatoms. The van der Waals surface area contributed by atoms with Crippen LogP contribution in [0.25, 0.3) is 22.3 Å². The Balaban J connectivity index is 1.55. The number of anilines is 4. The lowest BCUT2D eigenvalue weighted by atomic mass is 10.1. The van der Waals surface area contributed by atoms with Crippen LogP contribution in [-0.2, 0) is 9.36 Å². The number of likely N-dealkylation sites (N-methyl/N-ethyl adjacent to an activating group) is 1. The molecule has 41 heavy (non-hydrogen) atoms. The first-order valence-electron chi connectivity index (χ1n) is 12.3. The lowest BCUT2D eigenvalue weighted by Crippen LogP contribution is -2.45. The molecule has 2 aromatic carbocycles. The fourth-order valence-electron chi connectivity index (χ4n) is 4.40. The Morgan fingerprint density at radius 3 is 2.66 bits per heavy atom. The molecule has 214 valence electrons. The number of amides is 1. The first kappa shape index (κ1) is 28.5. The molecule has 1 aliphatic rings. The van der Waals surface area contributed by atoms with Crippen LogP contribution in [0.4, 0.5) is 27.4 Å². The SMILES string of the molecule is C=CC(=O)Nc1cccc(-c2nc(Nc3cc(F)c(N4CCN(C)CC4)c(OP(=O)(O)O)c3)nc3n[nH]c(Cl)c23)c1. The first-order chi connectivity index (χ1) is 19.5. The number of fused-ring (bicyclic) bond motifs is 1. The van der Waals surface area contributed by atoms with Gasteiger partial charge in [-0.3, -0.25) is 19.7 Å². The van der Waals surface area contributed by atoms with E-state index in [1.54, 1.807) is 29.2 Å². The summed E-state index contributed by atoms with van der Waals surface area (Å²) >= 11 is 6.34. The van der Waals surface area contributed by atoms with E-state index >= 15 is 4.39 Å². The largest absolute Gasteiger partial charge is 0.524 e. The third-order valence-electron chi connectivity index (χ3n) is 6.28. The van der Waals surface area contributed by atoms with Gasteiger partial charge < -0.3 is 25.0 Å². The molecular formula is C25H25ClFN8O5P. The minimum atomic E-state index is -5.02. The van der Waals surface area contributed by atoms with E-state index in [4.69, 9.17) is 16.1 Å². The van der Waals surface area contributed by atoms with Crippen LogP contribution in [0.5, 0.6) is 5.75 Å². The molecule has 1 aliphatic heterocycles. The molecule has 3 heterocycles. The predicted molar refractivity (Wildman–Crippen MR) is 153 cm³/mol. The number of H-pyrrole nitrogens is 1. The topological polar surface area (TPSA) is 169 Å². The van der Waals surface area contributed by atoms with Gasteiger partial charge in [-0.05, 0) is 31.3 Å². The van der Waals surface area contributed by atoms with Crippen molar-refractivity contribution in [3.8, 4) is 17.0 Å². The summed E-state index contributed by atoms with van der Waals surface area (Å²) < 4.78 is 32.2. The van der Waals surface area contributed by atoms with Gasteiger partial charge >= 0.3 is 7.82 Å². The zero-order valence-corrected chi connectivity index (χ0v) is 23.3. The number of aromatic nitrogens is 4. The maximum Gasteiger partial charge on any atom is 0.524 e. The van der Waals surface area contributed by atoms with Crippen LogP contribution in [-0.4, -0.2) is 74.0 Å². The Morgan fingerprint density at radius 1 is 1.20 bits per heavy atom. The Bertz CT molecular complexity index is 1690. The van der Waals surface area contributed by atoms with Crippen LogP contribution in [0.15, 0.2) is 49.1 Å². The zero-order valence-electron chi connectivity index (χ0n) is 21.6. The van der Waals surface area contributed by atoms with Gasteiger partial charge in [0.1, 0.15) is 10.8 Å². The maximum absolute atomic E-state index is 15.5. The maximum atomic E-state index is 15.5. The number of phosphoric ester groups is 1. The molecule has 1 amide bonds. The highest BCUT2D eigenvalue weighted by Crippen LogP contribution is 2.45. The second kappa shape index (κ2) is 11.4. The van der Waals surface area contributed by atoms with Gasteiger partial charge in [0.05, 0.1) is 11.1 Å². The van der Waals surface area contributed by atoms with Gasteiger partial charge in [0, 0.05) is 49.2 Å². The van der Waals surface area contributed by atoms with E-state index in [1.807, 2.05) is 7.05 Å². The summed E-state index contributed by atoms with van der Waals surface area (Å²) in [5, 5.41) is 12.9. The Kier molecular flexibility index (Phi) is 7.93. The zero-order chi connectivity index (χ0) is 29.3. The standard InChI is InChI=1S/C25H25ClFN8O5P/c1-3-19(36)28-15-6-4-5-14(11-15)21-20-23(26)32-33-24(20)31-25(30-21)29-16-12-17(27)22(18(13-16)40-41(37,38)39)35-9-7-34(2)8-10-35/h3-6,11-13H,1,7-10H2,2H3,(H,28,36)(H2,37,38,39)(H2,29,30,31,32,33). The van der Waals surface area contributed by atoms with Gasteiger partial charge in [0.25, 0.3) is 0 Å².